The average molecular weight is 206 g/mol. The molecule has 2 N–H and O–H groups in total. The molecule has 2 heteroatoms. The van der Waals surface area contributed by atoms with Gasteiger partial charge in [-0.2, -0.15) is 0 Å². The maximum atomic E-state index is 5.47. The fraction of sp³-hybridized carbons (Fsp3) is 0.538. The molecule has 0 heterocycles. The van der Waals surface area contributed by atoms with Gasteiger partial charge in [-0.3, -0.25) is 0 Å². The van der Waals surface area contributed by atoms with Crippen LogP contribution in [0.1, 0.15) is 24.0 Å². The average Bonchev–Trinajstić information content (AvgIpc) is 2.18. The Labute approximate surface area is 93.1 Å². The first-order valence-electron chi connectivity index (χ1n) is 5.66. The summed E-state index contributed by atoms with van der Waals surface area (Å²) in [5, 5.41) is 0. The Morgan fingerprint density at radius 3 is 2.73 bits per heavy atom. The van der Waals surface area contributed by atoms with Crippen LogP contribution in [0.25, 0.3) is 0 Å². The molecule has 0 aliphatic heterocycles. The molecular weight excluding hydrogens is 184 g/mol. The van der Waals surface area contributed by atoms with Gasteiger partial charge in [0, 0.05) is 6.54 Å². The van der Waals surface area contributed by atoms with Crippen LogP contribution in [0.15, 0.2) is 24.3 Å². The van der Waals surface area contributed by atoms with E-state index in [1.54, 1.807) is 0 Å². The van der Waals surface area contributed by atoms with E-state index < -0.39 is 0 Å². The van der Waals surface area contributed by atoms with E-state index in [-0.39, 0.29) is 0 Å². The standard InChI is InChI=1S/C13H22N2/c1-12-6-5-7-13(10-12)11-15(2)9-4-3-8-14/h5-7,10H,3-4,8-9,11,14H2,1-2H3. The third-order valence-electron chi connectivity index (χ3n) is 2.53. The zero-order chi connectivity index (χ0) is 11.1. The van der Waals surface area contributed by atoms with Crippen LogP contribution >= 0.6 is 0 Å². The summed E-state index contributed by atoms with van der Waals surface area (Å²) in [6.45, 7) is 5.10. The molecule has 0 spiro atoms. The van der Waals surface area contributed by atoms with Crippen molar-refractivity contribution < 1.29 is 0 Å². The SMILES string of the molecule is Cc1cccc(CN(C)CCCCN)c1. The lowest BCUT2D eigenvalue weighted by atomic mass is 10.1. The molecular formula is C13H22N2. The predicted octanol–water partition coefficient (Wildman–Crippen LogP) is 2.17. The summed E-state index contributed by atoms with van der Waals surface area (Å²) in [5.41, 5.74) is 8.20. The molecule has 0 radical (unpaired) electrons. The molecule has 0 saturated carbocycles. The predicted molar refractivity (Wildman–Crippen MR) is 65.8 cm³/mol. The Morgan fingerprint density at radius 1 is 1.27 bits per heavy atom. The molecule has 0 aliphatic carbocycles. The van der Waals surface area contributed by atoms with Crippen molar-refractivity contribution in [1.82, 2.24) is 4.90 Å². The van der Waals surface area contributed by atoms with Crippen molar-refractivity contribution in [2.75, 3.05) is 20.1 Å². The van der Waals surface area contributed by atoms with Crippen LogP contribution in [0.5, 0.6) is 0 Å². The van der Waals surface area contributed by atoms with Gasteiger partial charge in [0.2, 0.25) is 0 Å². The molecule has 84 valence electrons. The van der Waals surface area contributed by atoms with Gasteiger partial charge in [0.05, 0.1) is 0 Å². The van der Waals surface area contributed by atoms with Gasteiger partial charge in [0.15, 0.2) is 0 Å². The van der Waals surface area contributed by atoms with Gasteiger partial charge in [-0.1, -0.05) is 29.8 Å². The summed E-state index contributed by atoms with van der Waals surface area (Å²) in [4.78, 5) is 2.35. The maximum Gasteiger partial charge on any atom is 0.0230 e. The van der Waals surface area contributed by atoms with E-state index in [0.717, 1.165) is 26.1 Å². The third-order valence-corrected chi connectivity index (χ3v) is 2.53. The largest absolute Gasteiger partial charge is 0.330 e. The fourth-order valence-corrected chi connectivity index (χ4v) is 1.73. The van der Waals surface area contributed by atoms with Gasteiger partial charge in [0.25, 0.3) is 0 Å². The second kappa shape index (κ2) is 6.59. The Hall–Kier alpha value is -0.860. The summed E-state index contributed by atoms with van der Waals surface area (Å²) >= 11 is 0. The summed E-state index contributed by atoms with van der Waals surface area (Å²) < 4.78 is 0. The number of hydrogen-bond acceptors (Lipinski definition) is 2. The molecule has 0 fully saturated rings. The van der Waals surface area contributed by atoms with Gasteiger partial charge >= 0.3 is 0 Å². The number of unbranched alkanes of at least 4 members (excludes halogenated alkanes) is 1. The lowest BCUT2D eigenvalue weighted by Crippen LogP contribution is -2.19. The first kappa shape index (κ1) is 12.2. The number of hydrogen-bond donors (Lipinski definition) is 1. The second-order valence-corrected chi connectivity index (χ2v) is 4.22. The third kappa shape index (κ3) is 4.96. The van der Waals surface area contributed by atoms with Crippen LogP contribution in [-0.4, -0.2) is 25.0 Å². The number of nitrogens with zero attached hydrogens (tertiary/aromatic N) is 1. The van der Waals surface area contributed by atoms with E-state index in [1.165, 1.54) is 17.5 Å². The van der Waals surface area contributed by atoms with Crippen LogP contribution in [0, 0.1) is 6.92 Å². The van der Waals surface area contributed by atoms with Crippen molar-refractivity contribution in [3.63, 3.8) is 0 Å². The molecule has 0 aliphatic rings. The molecule has 1 rings (SSSR count). The number of rotatable bonds is 6. The summed E-state index contributed by atoms with van der Waals surface area (Å²) in [7, 11) is 2.17. The van der Waals surface area contributed by atoms with Crippen LogP contribution in [-0.2, 0) is 6.54 Å². The second-order valence-electron chi connectivity index (χ2n) is 4.22. The Bertz CT molecular complexity index is 284. The Balaban J connectivity index is 2.34. The normalized spacial score (nSPS) is 10.9. The van der Waals surface area contributed by atoms with Gasteiger partial charge in [-0.15, -0.1) is 0 Å². The highest BCUT2D eigenvalue weighted by atomic mass is 15.1. The molecule has 0 bridgehead atoms. The number of aryl methyl sites for hydroxylation is 1. The summed E-state index contributed by atoms with van der Waals surface area (Å²) in [6.07, 6.45) is 2.32. The minimum Gasteiger partial charge on any atom is -0.330 e. The zero-order valence-electron chi connectivity index (χ0n) is 9.87. The van der Waals surface area contributed by atoms with Crippen molar-refractivity contribution in [3.8, 4) is 0 Å². The minimum atomic E-state index is 0.804. The van der Waals surface area contributed by atoms with E-state index in [0.29, 0.717) is 0 Å². The Morgan fingerprint density at radius 2 is 2.07 bits per heavy atom. The molecule has 1 aromatic carbocycles. The molecule has 0 aromatic heterocycles. The van der Waals surface area contributed by atoms with E-state index in [9.17, 15) is 0 Å². The van der Waals surface area contributed by atoms with Crippen molar-refractivity contribution in [2.45, 2.75) is 26.3 Å². The molecule has 0 unspecified atom stereocenters. The van der Waals surface area contributed by atoms with Crippen molar-refractivity contribution in [1.29, 1.82) is 0 Å². The molecule has 0 amide bonds. The lowest BCUT2D eigenvalue weighted by molar-refractivity contribution is 0.319. The first-order chi connectivity index (χ1) is 7.22. The molecule has 0 atom stereocenters. The smallest absolute Gasteiger partial charge is 0.0230 e. The van der Waals surface area contributed by atoms with Crippen LogP contribution in [0.2, 0.25) is 0 Å². The van der Waals surface area contributed by atoms with E-state index >= 15 is 0 Å². The van der Waals surface area contributed by atoms with Crippen LogP contribution < -0.4 is 5.73 Å². The van der Waals surface area contributed by atoms with E-state index in [1.807, 2.05) is 0 Å². The zero-order valence-corrected chi connectivity index (χ0v) is 9.87. The van der Waals surface area contributed by atoms with Crippen molar-refractivity contribution in [3.05, 3.63) is 35.4 Å². The fourth-order valence-electron chi connectivity index (χ4n) is 1.73. The van der Waals surface area contributed by atoms with Crippen LogP contribution in [0.3, 0.4) is 0 Å². The van der Waals surface area contributed by atoms with Gasteiger partial charge in [-0.25, -0.2) is 0 Å². The van der Waals surface area contributed by atoms with Crippen molar-refractivity contribution in [2.24, 2.45) is 5.73 Å². The molecule has 1 aromatic rings. The van der Waals surface area contributed by atoms with E-state index in [4.69, 9.17) is 5.73 Å². The molecule has 2 nitrogen and oxygen atoms in total. The number of nitrogens with two attached hydrogens (primary N) is 1. The van der Waals surface area contributed by atoms with Crippen LogP contribution in [0.4, 0.5) is 0 Å². The highest BCUT2D eigenvalue weighted by Gasteiger charge is 1.99. The topological polar surface area (TPSA) is 29.3 Å². The van der Waals surface area contributed by atoms with Gasteiger partial charge < -0.3 is 10.6 Å². The molecule has 0 saturated heterocycles. The quantitative estimate of drug-likeness (QED) is 0.723. The van der Waals surface area contributed by atoms with Crippen molar-refractivity contribution >= 4 is 0 Å². The van der Waals surface area contributed by atoms with Gasteiger partial charge in [0.1, 0.15) is 0 Å². The van der Waals surface area contributed by atoms with Gasteiger partial charge in [-0.05, 0) is 45.5 Å². The monoisotopic (exact) mass is 206 g/mol. The molecule has 15 heavy (non-hydrogen) atoms. The van der Waals surface area contributed by atoms with E-state index in [2.05, 4.69) is 43.1 Å². The highest BCUT2D eigenvalue weighted by Crippen LogP contribution is 2.06. The Kier molecular flexibility index (Phi) is 5.37. The summed E-state index contributed by atoms with van der Waals surface area (Å²) in [5.74, 6) is 0. The maximum absolute atomic E-state index is 5.47. The highest BCUT2D eigenvalue weighted by molar-refractivity contribution is 5.21. The number of benzene rings is 1. The minimum absolute atomic E-state index is 0.804. The summed E-state index contributed by atoms with van der Waals surface area (Å²) in [6, 6.07) is 8.70. The lowest BCUT2D eigenvalue weighted by Gasteiger charge is -2.16. The first-order valence-corrected chi connectivity index (χ1v) is 5.66.